The van der Waals surface area contributed by atoms with Gasteiger partial charge in [-0.25, -0.2) is 0 Å². The highest BCUT2D eigenvalue weighted by Crippen LogP contribution is 2.32. The van der Waals surface area contributed by atoms with E-state index in [2.05, 4.69) is 15.9 Å². The molecule has 0 N–H and O–H groups in total. The Morgan fingerprint density at radius 1 is 1.04 bits per heavy atom. The quantitative estimate of drug-likeness (QED) is 0.822. The van der Waals surface area contributed by atoms with E-state index in [1.807, 2.05) is 12.1 Å². The van der Waals surface area contributed by atoms with Crippen molar-refractivity contribution in [1.82, 2.24) is 9.80 Å². The van der Waals surface area contributed by atoms with Gasteiger partial charge in [0.25, 0.3) is 0 Å². The summed E-state index contributed by atoms with van der Waals surface area (Å²) in [6.07, 6.45) is 5.52. The Balaban J connectivity index is 1.55. The van der Waals surface area contributed by atoms with E-state index in [0.29, 0.717) is 5.91 Å². The van der Waals surface area contributed by atoms with E-state index >= 15 is 0 Å². The first-order valence-electron chi connectivity index (χ1n) is 9.44. The van der Waals surface area contributed by atoms with Crippen LogP contribution in [-0.4, -0.2) is 56.1 Å². The molecular weight excluding hydrogens is 316 g/mol. The molecule has 2 fully saturated rings. The third-order valence-electron chi connectivity index (χ3n) is 5.48. The summed E-state index contributed by atoms with van der Waals surface area (Å²) < 4.78 is 10.9. The molecule has 1 amide bonds. The average molecular weight is 346 g/mol. The number of para-hydroxylation sites is 1. The van der Waals surface area contributed by atoms with Crippen molar-refractivity contribution in [2.45, 2.75) is 38.6 Å². The summed E-state index contributed by atoms with van der Waals surface area (Å²) in [5, 5.41) is 0. The lowest BCUT2D eigenvalue weighted by Gasteiger charge is -2.35. The van der Waals surface area contributed by atoms with Crippen LogP contribution in [0.25, 0.3) is 0 Å². The predicted molar refractivity (Wildman–Crippen MR) is 98.0 cm³/mol. The minimum Gasteiger partial charge on any atom is -0.493 e. The molecule has 5 heteroatoms. The number of likely N-dealkylation sites (tertiary alicyclic amines) is 2. The zero-order valence-corrected chi connectivity index (χ0v) is 15.5. The van der Waals surface area contributed by atoms with E-state index in [9.17, 15) is 4.79 Å². The normalized spacial score (nSPS) is 19.7. The number of piperidine rings is 2. The largest absolute Gasteiger partial charge is 0.493 e. The molecule has 0 unspecified atom stereocenters. The molecule has 1 aromatic rings. The van der Waals surface area contributed by atoms with Gasteiger partial charge in [-0.2, -0.15) is 0 Å². The summed E-state index contributed by atoms with van der Waals surface area (Å²) in [7, 11) is 3.35. The number of hydrogen-bond donors (Lipinski definition) is 0. The fraction of sp³-hybridized carbons (Fsp3) is 0.650. The van der Waals surface area contributed by atoms with Gasteiger partial charge < -0.3 is 14.4 Å². The Morgan fingerprint density at radius 3 is 2.40 bits per heavy atom. The molecule has 0 radical (unpaired) electrons. The van der Waals surface area contributed by atoms with Crippen LogP contribution in [0.15, 0.2) is 18.2 Å². The van der Waals surface area contributed by atoms with Crippen LogP contribution in [0.4, 0.5) is 0 Å². The zero-order chi connectivity index (χ0) is 17.6. The van der Waals surface area contributed by atoms with Crippen LogP contribution < -0.4 is 9.47 Å². The lowest BCUT2D eigenvalue weighted by molar-refractivity contribution is -0.138. The number of carbonyl (C=O) groups is 1. The minimum absolute atomic E-state index is 0.210. The fourth-order valence-corrected chi connectivity index (χ4v) is 4.03. The summed E-state index contributed by atoms with van der Waals surface area (Å²) in [6, 6.07) is 6.02. The lowest BCUT2D eigenvalue weighted by atomic mass is 9.94. The Labute approximate surface area is 150 Å². The monoisotopic (exact) mass is 346 g/mol. The first kappa shape index (κ1) is 18.1. The smallest absolute Gasteiger partial charge is 0.225 e. The number of hydrogen-bond acceptors (Lipinski definition) is 4. The Hall–Kier alpha value is -1.75. The molecule has 2 aliphatic rings. The van der Waals surface area contributed by atoms with E-state index in [0.717, 1.165) is 62.6 Å². The maximum atomic E-state index is 12.7. The van der Waals surface area contributed by atoms with Crippen LogP contribution in [0.2, 0.25) is 0 Å². The standard InChI is InChI=1S/C20H30N2O3/c1-24-18-8-6-7-17(19(18)25-2)15-21-13-9-16(10-14-21)20(23)22-11-4-3-5-12-22/h6-8,16H,3-5,9-15H2,1-2H3. The number of benzene rings is 1. The summed E-state index contributed by atoms with van der Waals surface area (Å²) >= 11 is 0. The summed E-state index contributed by atoms with van der Waals surface area (Å²) in [5.41, 5.74) is 1.14. The van der Waals surface area contributed by atoms with Crippen LogP contribution in [0.3, 0.4) is 0 Å². The molecule has 0 aromatic heterocycles. The van der Waals surface area contributed by atoms with Crippen LogP contribution in [0.5, 0.6) is 11.5 Å². The van der Waals surface area contributed by atoms with Crippen LogP contribution in [0, 0.1) is 5.92 Å². The van der Waals surface area contributed by atoms with Crippen LogP contribution in [0.1, 0.15) is 37.7 Å². The maximum Gasteiger partial charge on any atom is 0.225 e. The van der Waals surface area contributed by atoms with E-state index in [4.69, 9.17) is 9.47 Å². The van der Waals surface area contributed by atoms with E-state index in [1.54, 1.807) is 14.2 Å². The van der Waals surface area contributed by atoms with E-state index in [-0.39, 0.29) is 5.92 Å². The second kappa shape index (κ2) is 8.56. The van der Waals surface area contributed by atoms with Gasteiger partial charge in [-0.1, -0.05) is 12.1 Å². The number of nitrogens with zero attached hydrogens (tertiary/aromatic N) is 2. The molecule has 2 heterocycles. The number of carbonyl (C=O) groups excluding carboxylic acids is 1. The molecule has 0 atom stereocenters. The molecule has 5 nitrogen and oxygen atoms in total. The van der Waals surface area contributed by atoms with Crippen LogP contribution >= 0.6 is 0 Å². The van der Waals surface area contributed by atoms with E-state index in [1.165, 1.54) is 19.3 Å². The zero-order valence-electron chi connectivity index (χ0n) is 15.5. The van der Waals surface area contributed by atoms with Crippen molar-refractivity contribution >= 4 is 5.91 Å². The molecule has 138 valence electrons. The number of amides is 1. The molecule has 0 saturated carbocycles. The second-order valence-corrected chi connectivity index (χ2v) is 7.09. The van der Waals surface area contributed by atoms with Gasteiger partial charge in [0.05, 0.1) is 14.2 Å². The van der Waals surface area contributed by atoms with Crippen molar-refractivity contribution < 1.29 is 14.3 Å². The minimum atomic E-state index is 0.210. The topological polar surface area (TPSA) is 42.0 Å². The molecule has 0 spiro atoms. The van der Waals surface area contributed by atoms with Gasteiger partial charge in [-0.3, -0.25) is 9.69 Å². The van der Waals surface area contributed by atoms with Crippen molar-refractivity contribution in [2.24, 2.45) is 5.92 Å². The Bertz CT molecular complexity index is 576. The van der Waals surface area contributed by atoms with Gasteiger partial charge in [0, 0.05) is 31.1 Å². The third-order valence-corrected chi connectivity index (χ3v) is 5.48. The summed E-state index contributed by atoms with van der Waals surface area (Å²) in [5.74, 6) is 2.19. The van der Waals surface area contributed by atoms with Gasteiger partial charge >= 0.3 is 0 Å². The molecule has 0 bridgehead atoms. The molecule has 0 aliphatic carbocycles. The highest BCUT2D eigenvalue weighted by Gasteiger charge is 2.29. The van der Waals surface area contributed by atoms with Crippen LogP contribution in [-0.2, 0) is 11.3 Å². The van der Waals surface area contributed by atoms with Gasteiger partial charge in [-0.05, 0) is 51.3 Å². The highest BCUT2D eigenvalue weighted by atomic mass is 16.5. The number of ether oxygens (including phenoxy) is 2. The van der Waals surface area contributed by atoms with Gasteiger partial charge in [-0.15, -0.1) is 0 Å². The summed E-state index contributed by atoms with van der Waals surface area (Å²) in [6.45, 7) is 4.68. The van der Waals surface area contributed by atoms with Gasteiger partial charge in [0.2, 0.25) is 5.91 Å². The van der Waals surface area contributed by atoms with Crippen molar-refractivity contribution in [3.63, 3.8) is 0 Å². The van der Waals surface area contributed by atoms with Gasteiger partial charge in [0.1, 0.15) is 0 Å². The summed E-state index contributed by atoms with van der Waals surface area (Å²) in [4.78, 5) is 17.2. The third kappa shape index (κ3) is 4.27. The number of rotatable bonds is 5. The molecule has 3 rings (SSSR count). The molecular formula is C20H30N2O3. The first-order valence-corrected chi connectivity index (χ1v) is 9.44. The van der Waals surface area contributed by atoms with E-state index < -0.39 is 0 Å². The van der Waals surface area contributed by atoms with Gasteiger partial charge in [0.15, 0.2) is 11.5 Å². The van der Waals surface area contributed by atoms with Crippen molar-refractivity contribution in [3.05, 3.63) is 23.8 Å². The molecule has 2 saturated heterocycles. The van der Waals surface area contributed by atoms with Crippen molar-refractivity contribution in [1.29, 1.82) is 0 Å². The second-order valence-electron chi connectivity index (χ2n) is 7.09. The fourth-order valence-electron chi connectivity index (χ4n) is 4.03. The number of methoxy groups -OCH3 is 2. The molecule has 2 aliphatic heterocycles. The van der Waals surface area contributed by atoms with Crippen molar-refractivity contribution in [3.8, 4) is 11.5 Å². The Kier molecular flexibility index (Phi) is 6.19. The average Bonchev–Trinajstić information content (AvgIpc) is 2.68. The molecule has 25 heavy (non-hydrogen) atoms. The first-order chi connectivity index (χ1) is 12.2. The highest BCUT2D eigenvalue weighted by molar-refractivity contribution is 5.79. The molecule has 1 aromatic carbocycles. The maximum absolute atomic E-state index is 12.7. The van der Waals surface area contributed by atoms with Crippen molar-refractivity contribution in [2.75, 3.05) is 40.4 Å². The lowest BCUT2D eigenvalue weighted by Crippen LogP contribution is -2.44. The predicted octanol–water partition coefficient (Wildman–Crippen LogP) is 2.93. The Morgan fingerprint density at radius 2 is 1.76 bits per heavy atom. The SMILES string of the molecule is COc1cccc(CN2CCC(C(=O)N3CCCCC3)CC2)c1OC.